The van der Waals surface area contributed by atoms with Gasteiger partial charge in [0, 0.05) is 56.2 Å². The van der Waals surface area contributed by atoms with E-state index in [4.69, 9.17) is 18.8 Å². The van der Waals surface area contributed by atoms with Crippen molar-refractivity contribution in [1.82, 2.24) is 19.9 Å². The molecule has 0 atom stereocenters. The van der Waals surface area contributed by atoms with Crippen LogP contribution in [0.4, 0.5) is 0 Å². The summed E-state index contributed by atoms with van der Waals surface area (Å²) in [4.78, 5) is 18.8. The zero-order chi connectivity index (χ0) is 37.0. The number of furan rings is 2. The Morgan fingerprint density at radius 3 is 1.39 bits per heavy atom. The van der Waals surface area contributed by atoms with Crippen LogP contribution in [-0.4, -0.2) is 19.9 Å². The Bertz CT molecular complexity index is 3110. The molecule has 4 heterocycles. The summed E-state index contributed by atoms with van der Waals surface area (Å²) in [5.41, 5.74) is 14.3. The molecule has 0 amide bonds. The van der Waals surface area contributed by atoms with E-state index in [1.807, 2.05) is 54.9 Å². The second-order valence-electron chi connectivity index (χ2n) is 13.9. The number of fused-ring (bicyclic) bond motifs is 6. The molecule has 6 heteroatoms. The zero-order valence-corrected chi connectivity index (χ0v) is 29.9. The van der Waals surface area contributed by atoms with Crippen molar-refractivity contribution in [2.24, 2.45) is 0 Å². The van der Waals surface area contributed by atoms with E-state index in [9.17, 15) is 0 Å². The second kappa shape index (κ2) is 13.0. The molecular weight excluding hydrogens is 689 g/mol. The number of benzene rings is 7. The predicted molar refractivity (Wildman–Crippen MR) is 225 cm³/mol. The number of rotatable bonds is 6. The molecule has 0 fully saturated rings. The lowest BCUT2D eigenvalue weighted by atomic mass is 9.93. The van der Waals surface area contributed by atoms with Crippen LogP contribution in [0, 0.1) is 0 Å². The Hall–Kier alpha value is -7.70. The van der Waals surface area contributed by atoms with Gasteiger partial charge < -0.3 is 8.83 Å². The molecule has 0 aliphatic carbocycles. The minimum absolute atomic E-state index is 0.641. The molecule has 7 aromatic carbocycles. The van der Waals surface area contributed by atoms with Crippen molar-refractivity contribution in [3.8, 4) is 67.3 Å². The number of hydrogen-bond acceptors (Lipinski definition) is 6. The Balaban J connectivity index is 1.11. The van der Waals surface area contributed by atoms with Gasteiger partial charge in [-0.2, -0.15) is 0 Å². The lowest BCUT2D eigenvalue weighted by Crippen LogP contribution is -1.97. The molecule has 0 aliphatic rings. The Kier molecular flexibility index (Phi) is 7.38. The van der Waals surface area contributed by atoms with E-state index in [1.54, 1.807) is 0 Å². The molecule has 0 spiro atoms. The summed E-state index contributed by atoms with van der Waals surface area (Å²) in [7, 11) is 0. The van der Waals surface area contributed by atoms with Crippen LogP contribution in [0.15, 0.2) is 191 Å². The first-order valence-corrected chi connectivity index (χ1v) is 18.5. The number of aromatic nitrogens is 4. The first-order valence-electron chi connectivity index (χ1n) is 18.5. The molecule has 4 aromatic heterocycles. The van der Waals surface area contributed by atoms with Gasteiger partial charge in [-0.25, -0.2) is 19.9 Å². The van der Waals surface area contributed by atoms with Gasteiger partial charge in [-0.1, -0.05) is 103 Å². The first kappa shape index (κ1) is 31.8. The molecule has 262 valence electrons. The average molecular weight is 719 g/mol. The third kappa shape index (κ3) is 5.60. The van der Waals surface area contributed by atoms with Crippen LogP contribution in [-0.2, 0) is 0 Å². The summed E-state index contributed by atoms with van der Waals surface area (Å²) in [5.74, 6) is 0.641. The monoisotopic (exact) mass is 718 g/mol. The Morgan fingerprint density at radius 1 is 0.304 bits per heavy atom. The topological polar surface area (TPSA) is 77.8 Å². The SMILES string of the molecule is c1ccc(-c2cc(-c3cc(-c4ccc5oc6ccccc6c5c4)cc(-c4ccc5oc6ccccc6c5c4)c3)nc(-c3ccc(-c4cncnc4)cc3)n2)cc1. The van der Waals surface area contributed by atoms with Crippen molar-refractivity contribution < 1.29 is 8.83 Å². The van der Waals surface area contributed by atoms with Crippen LogP contribution >= 0.6 is 0 Å². The summed E-state index contributed by atoms with van der Waals surface area (Å²) in [5, 5.41) is 4.35. The fourth-order valence-electron chi connectivity index (χ4n) is 7.66. The van der Waals surface area contributed by atoms with Gasteiger partial charge in [0.15, 0.2) is 5.82 Å². The Morgan fingerprint density at radius 2 is 0.786 bits per heavy atom. The van der Waals surface area contributed by atoms with Gasteiger partial charge >= 0.3 is 0 Å². The predicted octanol–water partition coefficient (Wildman–Crippen LogP) is 13.1. The van der Waals surface area contributed by atoms with E-state index in [2.05, 4.69) is 131 Å². The molecule has 0 saturated heterocycles. The summed E-state index contributed by atoms with van der Waals surface area (Å²) >= 11 is 0. The third-order valence-corrected chi connectivity index (χ3v) is 10.5. The van der Waals surface area contributed by atoms with Crippen molar-refractivity contribution in [2.75, 3.05) is 0 Å². The van der Waals surface area contributed by atoms with E-state index < -0.39 is 0 Å². The lowest BCUT2D eigenvalue weighted by Gasteiger charge is -2.14. The summed E-state index contributed by atoms with van der Waals surface area (Å²) in [6.07, 6.45) is 5.17. The van der Waals surface area contributed by atoms with Crippen molar-refractivity contribution in [3.05, 3.63) is 183 Å². The van der Waals surface area contributed by atoms with Gasteiger partial charge in [0.2, 0.25) is 0 Å². The minimum atomic E-state index is 0.641. The zero-order valence-electron chi connectivity index (χ0n) is 29.9. The van der Waals surface area contributed by atoms with Crippen LogP contribution in [0.2, 0.25) is 0 Å². The highest BCUT2D eigenvalue weighted by molar-refractivity contribution is 6.07. The number of hydrogen-bond donors (Lipinski definition) is 0. The lowest BCUT2D eigenvalue weighted by molar-refractivity contribution is 0.668. The molecule has 0 aliphatic heterocycles. The van der Waals surface area contributed by atoms with E-state index in [0.29, 0.717) is 5.82 Å². The molecule has 0 bridgehead atoms. The summed E-state index contributed by atoms with van der Waals surface area (Å²) in [6, 6.07) is 56.6. The maximum atomic E-state index is 6.21. The van der Waals surface area contributed by atoms with E-state index in [1.165, 1.54) is 6.33 Å². The molecule has 0 radical (unpaired) electrons. The molecular formula is C50H30N4O2. The maximum absolute atomic E-state index is 6.21. The Labute approximate surface area is 321 Å². The van der Waals surface area contributed by atoms with Gasteiger partial charge in [-0.15, -0.1) is 0 Å². The summed E-state index contributed by atoms with van der Waals surface area (Å²) < 4.78 is 12.4. The van der Waals surface area contributed by atoms with Gasteiger partial charge in [0.05, 0.1) is 11.4 Å². The van der Waals surface area contributed by atoms with Gasteiger partial charge in [0.1, 0.15) is 28.7 Å². The van der Waals surface area contributed by atoms with Crippen LogP contribution in [0.1, 0.15) is 0 Å². The molecule has 0 saturated carbocycles. The fourth-order valence-corrected chi connectivity index (χ4v) is 7.66. The van der Waals surface area contributed by atoms with Gasteiger partial charge in [-0.3, -0.25) is 0 Å². The number of nitrogens with zero attached hydrogens (tertiary/aromatic N) is 4. The van der Waals surface area contributed by atoms with E-state index >= 15 is 0 Å². The highest BCUT2D eigenvalue weighted by Crippen LogP contribution is 2.39. The minimum Gasteiger partial charge on any atom is -0.456 e. The molecule has 6 nitrogen and oxygen atoms in total. The molecule has 0 unspecified atom stereocenters. The smallest absolute Gasteiger partial charge is 0.160 e. The highest BCUT2D eigenvalue weighted by atomic mass is 16.3. The normalized spacial score (nSPS) is 11.6. The molecule has 0 N–H and O–H groups in total. The third-order valence-electron chi connectivity index (χ3n) is 10.5. The van der Waals surface area contributed by atoms with E-state index in [0.717, 1.165) is 105 Å². The van der Waals surface area contributed by atoms with Gasteiger partial charge in [0.25, 0.3) is 0 Å². The standard InChI is InChI=1S/C50H30N4O2/c1-2-8-32(9-3-1)44-27-45(54-50(53-44)33-16-14-31(15-17-33)39-28-51-30-52-29-39)38-23-36(34-18-20-48-42(25-34)40-10-4-6-12-46(40)55-48)22-37(24-38)35-19-21-49-43(26-35)41-11-5-7-13-47(41)56-49/h1-30H. The van der Waals surface area contributed by atoms with Crippen molar-refractivity contribution in [1.29, 1.82) is 0 Å². The first-order chi connectivity index (χ1) is 27.7. The van der Waals surface area contributed by atoms with Crippen LogP contribution in [0.5, 0.6) is 0 Å². The highest BCUT2D eigenvalue weighted by Gasteiger charge is 2.16. The molecule has 11 aromatic rings. The quantitative estimate of drug-likeness (QED) is 0.170. The largest absolute Gasteiger partial charge is 0.456 e. The molecule has 56 heavy (non-hydrogen) atoms. The van der Waals surface area contributed by atoms with Crippen LogP contribution < -0.4 is 0 Å². The summed E-state index contributed by atoms with van der Waals surface area (Å²) in [6.45, 7) is 0. The number of para-hydroxylation sites is 2. The van der Waals surface area contributed by atoms with Crippen LogP contribution in [0.25, 0.3) is 111 Å². The maximum Gasteiger partial charge on any atom is 0.160 e. The fraction of sp³-hybridized carbons (Fsp3) is 0. The van der Waals surface area contributed by atoms with Crippen LogP contribution in [0.3, 0.4) is 0 Å². The second-order valence-corrected chi connectivity index (χ2v) is 13.9. The van der Waals surface area contributed by atoms with Crippen molar-refractivity contribution in [3.63, 3.8) is 0 Å². The van der Waals surface area contributed by atoms with Crippen molar-refractivity contribution in [2.45, 2.75) is 0 Å². The van der Waals surface area contributed by atoms with Crippen molar-refractivity contribution >= 4 is 43.9 Å². The van der Waals surface area contributed by atoms with Gasteiger partial charge in [-0.05, 0) is 88.5 Å². The van der Waals surface area contributed by atoms with E-state index in [-0.39, 0.29) is 0 Å². The average Bonchev–Trinajstić information content (AvgIpc) is 3.84. The molecule has 11 rings (SSSR count).